The SMILES string of the molecule is S=c1nc(CC(c2cccs2)C2CC2)[nH][nH]1. The van der Waals surface area contributed by atoms with Crippen LogP contribution in [0.5, 0.6) is 0 Å². The number of thiophene rings is 1. The minimum atomic E-state index is 0.552. The fourth-order valence-electron chi connectivity index (χ4n) is 2.11. The summed E-state index contributed by atoms with van der Waals surface area (Å²) in [6.07, 6.45) is 3.68. The maximum Gasteiger partial charge on any atom is 0.213 e. The van der Waals surface area contributed by atoms with Gasteiger partial charge in [0.05, 0.1) is 0 Å². The van der Waals surface area contributed by atoms with Crippen LogP contribution in [-0.2, 0) is 6.42 Å². The molecule has 16 heavy (non-hydrogen) atoms. The molecule has 1 atom stereocenters. The van der Waals surface area contributed by atoms with Crippen LogP contribution in [0.15, 0.2) is 17.5 Å². The summed E-state index contributed by atoms with van der Waals surface area (Å²) in [5.41, 5.74) is 0. The van der Waals surface area contributed by atoms with Gasteiger partial charge in [-0.1, -0.05) is 6.07 Å². The first-order valence-electron chi connectivity index (χ1n) is 5.50. The quantitative estimate of drug-likeness (QED) is 0.819. The number of hydrogen-bond donors (Lipinski definition) is 2. The highest BCUT2D eigenvalue weighted by molar-refractivity contribution is 7.71. The van der Waals surface area contributed by atoms with Crippen LogP contribution < -0.4 is 0 Å². The average Bonchev–Trinajstić information content (AvgIpc) is 2.80. The Bertz CT molecular complexity index is 507. The third kappa shape index (κ3) is 2.10. The lowest BCUT2D eigenvalue weighted by atomic mass is 9.97. The summed E-state index contributed by atoms with van der Waals surface area (Å²) in [7, 11) is 0. The molecule has 0 radical (unpaired) electrons. The molecule has 1 fully saturated rings. The van der Waals surface area contributed by atoms with Gasteiger partial charge in [0.15, 0.2) is 0 Å². The van der Waals surface area contributed by atoms with Crippen molar-refractivity contribution in [3.63, 3.8) is 0 Å². The van der Waals surface area contributed by atoms with Crippen LogP contribution in [0, 0.1) is 10.7 Å². The van der Waals surface area contributed by atoms with Gasteiger partial charge in [0, 0.05) is 17.2 Å². The third-order valence-corrected chi connectivity index (χ3v) is 4.26. The van der Waals surface area contributed by atoms with Gasteiger partial charge < -0.3 is 0 Å². The summed E-state index contributed by atoms with van der Waals surface area (Å²) in [5, 5.41) is 8.06. The van der Waals surface area contributed by atoms with E-state index < -0.39 is 0 Å². The van der Waals surface area contributed by atoms with Gasteiger partial charge in [-0.15, -0.1) is 11.3 Å². The lowest BCUT2D eigenvalue weighted by molar-refractivity contribution is 0.595. The molecule has 0 bridgehead atoms. The Balaban J connectivity index is 1.82. The van der Waals surface area contributed by atoms with E-state index in [0.717, 1.165) is 18.2 Å². The zero-order valence-corrected chi connectivity index (χ0v) is 10.4. The average molecular weight is 251 g/mol. The van der Waals surface area contributed by atoms with Gasteiger partial charge in [-0.05, 0) is 42.4 Å². The summed E-state index contributed by atoms with van der Waals surface area (Å²) < 4.78 is 0.552. The molecule has 2 N–H and O–H groups in total. The molecule has 2 aromatic heterocycles. The van der Waals surface area contributed by atoms with E-state index in [1.807, 2.05) is 11.3 Å². The number of aromatic nitrogens is 3. The molecule has 2 heterocycles. The Morgan fingerprint density at radius 2 is 2.38 bits per heavy atom. The highest BCUT2D eigenvalue weighted by Gasteiger charge is 2.33. The smallest absolute Gasteiger partial charge is 0.213 e. The van der Waals surface area contributed by atoms with E-state index in [1.54, 1.807) is 0 Å². The monoisotopic (exact) mass is 251 g/mol. The third-order valence-electron chi connectivity index (χ3n) is 3.06. The van der Waals surface area contributed by atoms with Gasteiger partial charge in [-0.25, -0.2) is 4.98 Å². The van der Waals surface area contributed by atoms with Crippen molar-refractivity contribution < 1.29 is 0 Å². The highest BCUT2D eigenvalue weighted by atomic mass is 32.1. The molecule has 1 saturated carbocycles. The van der Waals surface area contributed by atoms with Crippen LogP contribution in [0.3, 0.4) is 0 Å². The van der Waals surface area contributed by atoms with Gasteiger partial charge in [0.1, 0.15) is 5.82 Å². The minimum Gasteiger partial charge on any atom is -0.286 e. The normalized spacial score (nSPS) is 17.5. The second-order valence-electron chi connectivity index (χ2n) is 4.28. The van der Waals surface area contributed by atoms with Crippen LogP contribution in [0.25, 0.3) is 0 Å². The highest BCUT2D eigenvalue weighted by Crippen LogP contribution is 2.45. The van der Waals surface area contributed by atoms with Crippen molar-refractivity contribution in [3.05, 3.63) is 33.0 Å². The van der Waals surface area contributed by atoms with E-state index in [1.165, 1.54) is 17.7 Å². The van der Waals surface area contributed by atoms with Crippen molar-refractivity contribution in [1.82, 2.24) is 15.2 Å². The van der Waals surface area contributed by atoms with Crippen LogP contribution >= 0.6 is 23.6 Å². The molecule has 0 aromatic carbocycles. The molecule has 5 heteroatoms. The summed E-state index contributed by atoms with van der Waals surface area (Å²) in [5.74, 6) is 2.45. The fraction of sp³-hybridized carbons (Fsp3) is 0.455. The zero-order valence-electron chi connectivity index (χ0n) is 8.77. The molecule has 0 amide bonds. The molecule has 0 aliphatic heterocycles. The van der Waals surface area contributed by atoms with Crippen molar-refractivity contribution in [2.24, 2.45) is 5.92 Å². The second kappa shape index (κ2) is 4.14. The van der Waals surface area contributed by atoms with E-state index in [9.17, 15) is 0 Å². The van der Waals surface area contributed by atoms with Crippen molar-refractivity contribution >= 4 is 23.6 Å². The number of hydrogen-bond acceptors (Lipinski definition) is 3. The number of nitrogens with one attached hydrogen (secondary N) is 2. The van der Waals surface area contributed by atoms with Gasteiger partial charge in [-0.3, -0.25) is 10.2 Å². The minimum absolute atomic E-state index is 0.552. The van der Waals surface area contributed by atoms with E-state index in [-0.39, 0.29) is 0 Å². The molecular weight excluding hydrogens is 238 g/mol. The van der Waals surface area contributed by atoms with E-state index in [4.69, 9.17) is 12.2 Å². The predicted molar refractivity (Wildman–Crippen MR) is 67.3 cm³/mol. The number of aromatic amines is 2. The summed E-state index contributed by atoms with van der Waals surface area (Å²) in [6.45, 7) is 0. The first-order valence-corrected chi connectivity index (χ1v) is 6.78. The number of nitrogens with zero attached hydrogens (tertiary/aromatic N) is 1. The molecule has 84 valence electrons. The molecule has 3 rings (SSSR count). The molecule has 2 aromatic rings. The van der Waals surface area contributed by atoms with E-state index in [2.05, 4.69) is 32.7 Å². The van der Waals surface area contributed by atoms with E-state index >= 15 is 0 Å². The molecule has 0 spiro atoms. The summed E-state index contributed by atoms with van der Waals surface area (Å²) >= 11 is 6.82. The van der Waals surface area contributed by atoms with Crippen LogP contribution in [0.4, 0.5) is 0 Å². The largest absolute Gasteiger partial charge is 0.286 e. The van der Waals surface area contributed by atoms with E-state index in [0.29, 0.717) is 10.7 Å². The Labute approximate surface area is 103 Å². The first-order chi connectivity index (χ1) is 7.83. The molecule has 1 unspecified atom stereocenters. The Hall–Kier alpha value is -0.940. The van der Waals surface area contributed by atoms with Gasteiger partial charge in [-0.2, -0.15) is 0 Å². The Morgan fingerprint density at radius 3 is 2.94 bits per heavy atom. The maximum atomic E-state index is 4.97. The van der Waals surface area contributed by atoms with Gasteiger partial charge in [0.2, 0.25) is 4.77 Å². The van der Waals surface area contributed by atoms with Crippen molar-refractivity contribution in [3.8, 4) is 0 Å². The second-order valence-corrected chi connectivity index (χ2v) is 5.64. The molecule has 0 saturated heterocycles. The Morgan fingerprint density at radius 1 is 1.50 bits per heavy atom. The predicted octanol–water partition coefficient (Wildman–Crippen LogP) is 3.27. The van der Waals surface area contributed by atoms with Gasteiger partial charge in [0.25, 0.3) is 0 Å². The molecular formula is C11H13N3S2. The van der Waals surface area contributed by atoms with Crippen LogP contribution in [-0.4, -0.2) is 15.2 Å². The molecule has 3 nitrogen and oxygen atoms in total. The summed E-state index contributed by atoms with van der Waals surface area (Å²) in [4.78, 5) is 5.76. The lowest BCUT2D eigenvalue weighted by Crippen LogP contribution is -2.05. The zero-order chi connectivity index (χ0) is 11.0. The maximum absolute atomic E-state index is 4.97. The number of rotatable bonds is 4. The molecule has 1 aliphatic rings. The fourth-order valence-corrected chi connectivity index (χ4v) is 3.19. The first kappa shape index (κ1) is 10.2. The Kier molecular flexibility index (Phi) is 2.65. The number of H-pyrrole nitrogens is 2. The van der Waals surface area contributed by atoms with Crippen molar-refractivity contribution in [1.29, 1.82) is 0 Å². The van der Waals surface area contributed by atoms with Crippen LogP contribution in [0.2, 0.25) is 0 Å². The van der Waals surface area contributed by atoms with Gasteiger partial charge >= 0.3 is 0 Å². The van der Waals surface area contributed by atoms with Crippen LogP contribution in [0.1, 0.15) is 29.5 Å². The molecule has 1 aliphatic carbocycles. The summed E-state index contributed by atoms with van der Waals surface area (Å²) in [6, 6.07) is 4.36. The van der Waals surface area contributed by atoms with Crippen molar-refractivity contribution in [2.75, 3.05) is 0 Å². The van der Waals surface area contributed by atoms with Crippen molar-refractivity contribution in [2.45, 2.75) is 25.2 Å². The lowest BCUT2D eigenvalue weighted by Gasteiger charge is -2.12. The standard InChI is InChI=1S/C11H13N3S2/c15-11-12-10(13-14-11)6-8(7-3-4-7)9-2-1-5-16-9/h1-2,5,7-8H,3-4,6H2,(H2,12,13,14,15). The topological polar surface area (TPSA) is 44.5 Å².